The Hall–Kier alpha value is -3.39. The number of anilines is 1. The van der Waals surface area contributed by atoms with Crippen molar-refractivity contribution in [1.82, 2.24) is 10.2 Å². The van der Waals surface area contributed by atoms with Gasteiger partial charge in [0.1, 0.15) is 5.70 Å². The lowest BCUT2D eigenvalue weighted by Crippen LogP contribution is -2.25. The van der Waals surface area contributed by atoms with Crippen LogP contribution in [0.2, 0.25) is 0 Å². The van der Waals surface area contributed by atoms with Gasteiger partial charge < -0.3 is 20.1 Å². The minimum Gasteiger partial charge on any atom is -0.493 e. The van der Waals surface area contributed by atoms with E-state index in [9.17, 15) is 9.59 Å². The maximum atomic E-state index is 12.1. The van der Waals surface area contributed by atoms with Crippen molar-refractivity contribution in [2.75, 3.05) is 26.1 Å². The molecule has 0 aliphatic carbocycles. The van der Waals surface area contributed by atoms with Crippen LogP contribution in [0.15, 0.2) is 54.2 Å². The quantitative estimate of drug-likeness (QED) is 0.576. The minimum absolute atomic E-state index is 0.162. The highest BCUT2D eigenvalue weighted by Crippen LogP contribution is 2.29. The van der Waals surface area contributed by atoms with E-state index in [4.69, 9.17) is 21.7 Å². The van der Waals surface area contributed by atoms with Crippen molar-refractivity contribution in [3.8, 4) is 11.5 Å². The summed E-state index contributed by atoms with van der Waals surface area (Å²) < 4.78 is 10.9. The molecule has 2 N–H and O–H groups in total. The summed E-state index contributed by atoms with van der Waals surface area (Å²) >= 11 is 5.06. The van der Waals surface area contributed by atoms with E-state index in [0.717, 1.165) is 5.56 Å². The number of nitrogens with one attached hydrogen (secondary N) is 2. The molecule has 3 rings (SSSR count). The third-order valence-corrected chi connectivity index (χ3v) is 4.37. The van der Waals surface area contributed by atoms with Gasteiger partial charge in [-0.1, -0.05) is 24.3 Å². The zero-order chi connectivity index (χ0) is 20.1. The van der Waals surface area contributed by atoms with Gasteiger partial charge in [0.05, 0.1) is 7.11 Å². The Morgan fingerprint density at radius 1 is 1.21 bits per heavy atom. The SMILES string of the molecule is COc1cc(/C=C2/NC(=S)N(C)C2=O)ccc1OCC(=O)Nc1ccccc1. The Morgan fingerprint density at radius 3 is 2.61 bits per heavy atom. The number of nitrogens with zero attached hydrogens (tertiary/aromatic N) is 1. The minimum atomic E-state index is -0.281. The van der Waals surface area contributed by atoms with Gasteiger partial charge in [-0.3, -0.25) is 14.5 Å². The zero-order valence-corrected chi connectivity index (χ0v) is 16.2. The molecule has 0 unspecified atom stereocenters. The fourth-order valence-electron chi connectivity index (χ4n) is 2.54. The standard InChI is InChI=1S/C20H19N3O4S/c1-23-19(25)15(22-20(23)28)10-13-8-9-16(17(11-13)26-2)27-12-18(24)21-14-6-4-3-5-7-14/h3-11H,12H2,1-2H3,(H,21,24)(H,22,28)/b15-10+. The fraction of sp³-hybridized carbons (Fsp3) is 0.150. The Kier molecular flexibility index (Phi) is 5.90. The topological polar surface area (TPSA) is 79.9 Å². The highest BCUT2D eigenvalue weighted by molar-refractivity contribution is 7.80. The van der Waals surface area contributed by atoms with Gasteiger partial charge in [0.25, 0.3) is 11.8 Å². The van der Waals surface area contributed by atoms with Crippen molar-refractivity contribution in [3.05, 3.63) is 59.8 Å². The normalized spacial score (nSPS) is 14.8. The summed E-state index contributed by atoms with van der Waals surface area (Å²) in [6.45, 7) is -0.162. The number of likely N-dealkylation sites (N-methyl/N-ethyl adjacent to an activating group) is 1. The van der Waals surface area contributed by atoms with Crippen LogP contribution in [0, 0.1) is 0 Å². The maximum absolute atomic E-state index is 12.1. The van der Waals surface area contributed by atoms with Crippen molar-refractivity contribution in [1.29, 1.82) is 0 Å². The maximum Gasteiger partial charge on any atom is 0.276 e. The van der Waals surface area contributed by atoms with Crippen LogP contribution in [0.3, 0.4) is 0 Å². The van der Waals surface area contributed by atoms with Gasteiger partial charge in [0.15, 0.2) is 23.2 Å². The Bertz CT molecular complexity index is 944. The first-order chi connectivity index (χ1) is 13.5. The number of para-hydroxylation sites is 1. The predicted molar refractivity (Wildman–Crippen MR) is 110 cm³/mol. The number of hydrogen-bond acceptors (Lipinski definition) is 5. The van der Waals surface area contributed by atoms with E-state index in [1.165, 1.54) is 12.0 Å². The van der Waals surface area contributed by atoms with E-state index in [-0.39, 0.29) is 18.4 Å². The van der Waals surface area contributed by atoms with Crippen LogP contribution in [0.25, 0.3) is 6.08 Å². The second kappa shape index (κ2) is 8.53. The summed E-state index contributed by atoms with van der Waals surface area (Å²) in [4.78, 5) is 25.5. The number of thiocarbonyl (C=S) groups is 1. The van der Waals surface area contributed by atoms with Gasteiger partial charge in [0, 0.05) is 12.7 Å². The zero-order valence-electron chi connectivity index (χ0n) is 15.4. The van der Waals surface area contributed by atoms with E-state index in [1.807, 2.05) is 18.2 Å². The number of carbonyl (C=O) groups excluding carboxylic acids is 2. The summed E-state index contributed by atoms with van der Waals surface area (Å²) in [7, 11) is 3.11. The highest BCUT2D eigenvalue weighted by atomic mass is 32.1. The second-order valence-electron chi connectivity index (χ2n) is 5.97. The van der Waals surface area contributed by atoms with Crippen LogP contribution in [-0.2, 0) is 9.59 Å². The molecule has 28 heavy (non-hydrogen) atoms. The molecule has 0 radical (unpaired) electrons. The molecule has 1 saturated heterocycles. The molecule has 8 heteroatoms. The average Bonchev–Trinajstić information content (AvgIpc) is 2.94. The third-order valence-electron chi connectivity index (χ3n) is 4.00. The van der Waals surface area contributed by atoms with Gasteiger partial charge in [-0.05, 0) is 48.1 Å². The molecule has 1 aliphatic rings. The van der Waals surface area contributed by atoms with Crippen molar-refractivity contribution < 1.29 is 19.1 Å². The summed E-state index contributed by atoms with van der Waals surface area (Å²) in [6, 6.07) is 14.3. The van der Waals surface area contributed by atoms with Crippen molar-refractivity contribution >= 4 is 40.9 Å². The van der Waals surface area contributed by atoms with E-state index in [1.54, 1.807) is 43.5 Å². The summed E-state index contributed by atoms with van der Waals surface area (Å²) in [5.74, 6) is 0.382. The van der Waals surface area contributed by atoms with Crippen molar-refractivity contribution in [2.24, 2.45) is 0 Å². The van der Waals surface area contributed by atoms with Gasteiger partial charge in [-0.2, -0.15) is 0 Å². The number of benzene rings is 2. The lowest BCUT2D eigenvalue weighted by molar-refractivity contribution is -0.121. The molecule has 0 saturated carbocycles. The monoisotopic (exact) mass is 397 g/mol. The van der Waals surface area contributed by atoms with E-state index in [0.29, 0.717) is 28.0 Å². The molecule has 0 bridgehead atoms. The largest absolute Gasteiger partial charge is 0.493 e. The molecule has 2 aromatic rings. The van der Waals surface area contributed by atoms with Crippen molar-refractivity contribution in [3.63, 3.8) is 0 Å². The first-order valence-corrected chi connectivity index (χ1v) is 8.85. The van der Waals surface area contributed by atoms with E-state index < -0.39 is 0 Å². The lowest BCUT2D eigenvalue weighted by Gasteiger charge is -2.11. The van der Waals surface area contributed by atoms with Crippen LogP contribution >= 0.6 is 12.2 Å². The molecule has 144 valence electrons. The highest BCUT2D eigenvalue weighted by Gasteiger charge is 2.27. The first kappa shape index (κ1) is 19.4. The predicted octanol–water partition coefficient (Wildman–Crippen LogP) is 2.40. The van der Waals surface area contributed by atoms with Crippen LogP contribution in [0.1, 0.15) is 5.56 Å². The van der Waals surface area contributed by atoms with Crippen LogP contribution in [0.5, 0.6) is 11.5 Å². The lowest BCUT2D eigenvalue weighted by atomic mass is 10.1. The summed E-state index contributed by atoms with van der Waals surface area (Å²) in [5, 5.41) is 5.96. The average molecular weight is 397 g/mol. The molecule has 0 atom stereocenters. The van der Waals surface area contributed by atoms with Gasteiger partial charge in [-0.15, -0.1) is 0 Å². The van der Waals surface area contributed by atoms with E-state index >= 15 is 0 Å². The molecule has 2 aromatic carbocycles. The molecule has 0 aromatic heterocycles. The molecule has 1 aliphatic heterocycles. The molecule has 0 spiro atoms. The molecular weight excluding hydrogens is 378 g/mol. The third kappa shape index (κ3) is 4.47. The summed E-state index contributed by atoms with van der Waals surface area (Å²) in [5.41, 5.74) is 1.80. The van der Waals surface area contributed by atoms with Crippen molar-refractivity contribution in [2.45, 2.75) is 0 Å². The van der Waals surface area contributed by atoms with Crippen LogP contribution in [0.4, 0.5) is 5.69 Å². The molecule has 1 heterocycles. The molecular formula is C20H19N3O4S. The van der Waals surface area contributed by atoms with Crippen LogP contribution in [-0.4, -0.2) is 42.6 Å². The first-order valence-electron chi connectivity index (χ1n) is 8.44. The number of amides is 2. The van der Waals surface area contributed by atoms with E-state index in [2.05, 4.69) is 10.6 Å². The van der Waals surface area contributed by atoms with Gasteiger partial charge >= 0.3 is 0 Å². The fourth-order valence-corrected chi connectivity index (χ4v) is 2.74. The number of ether oxygens (including phenoxy) is 2. The number of methoxy groups -OCH3 is 1. The van der Waals surface area contributed by atoms with Gasteiger partial charge in [0.2, 0.25) is 0 Å². The molecule has 2 amide bonds. The smallest absolute Gasteiger partial charge is 0.276 e. The summed E-state index contributed by atoms with van der Waals surface area (Å²) in [6.07, 6.45) is 1.67. The number of rotatable bonds is 6. The van der Waals surface area contributed by atoms with Gasteiger partial charge in [-0.25, -0.2) is 0 Å². The second-order valence-corrected chi connectivity index (χ2v) is 6.35. The Morgan fingerprint density at radius 2 is 1.96 bits per heavy atom. The number of hydrogen-bond donors (Lipinski definition) is 2. The number of carbonyl (C=O) groups is 2. The Labute approximate surface area is 167 Å². The molecule has 1 fully saturated rings. The Balaban J connectivity index is 1.67. The van der Waals surface area contributed by atoms with Crippen LogP contribution < -0.4 is 20.1 Å². The molecule has 7 nitrogen and oxygen atoms in total.